The molecule has 0 aliphatic heterocycles. The number of benzene rings is 2. The van der Waals surface area contributed by atoms with Crippen molar-refractivity contribution in [3.63, 3.8) is 0 Å². The van der Waals surface area contributed by atoms with E-state index in [0.29, 0.717) is 23.5 Å². The number of amides is 1. The number of rotatable bonds is 7. The van der Waals surface area contributed by atoms with E-state index in [-0.39, 0.29) is 17.7 Å². The molecule has 1 aliphatic carbocycles. The summed E-state index contributed by atoms with van der Waals surface area (Å²) >= 11 is 5.96. The molecule has 0 saturated heterocycles. The summed E-state index contributed by atoms with van der Waals surface area (Å²) in [6.45, 7) is -0.670. The molecule has 1 aliphatic rings. The van der Waals surface area contributed by atoms with Crippen LogP contribution in [0.15, 0.2) is 41.5 Å². The largest absolute Gasteiger partial charge is 0.471 e. The molecule has 178 valence electrons. The highest BCUT2D eigenvalue weighted by Crippen LogP contribution is 2.35. The van der Waals surface area contributed by atoms with Gasteiger partial charge in [-0.3, -0.25) is 14.2 Å². The van der Waals surface area contributed by atoms with Crippen molar-refractivity contribution in [3.8, 4) is 11.6 Å². The fraction of sp³-hybridized carbons (Fsp3) is 0.227. The first-order valence-corrected chi connectivity index (χ1v) is 10.3. The van der Waals surface area contributed by atoms with E-state index in [4.69, 9.17) is 16.3 Å². The first kappa shape index (κ1) is 23.7. The van der Waals surface area contributed by atoms with Crippen molar-refractivity contribution in [2.45, 2.75) is 31.6 Å². The monoisotopic (exact) mass is 497 g/mol. The van der Waals surface area contributed by atoms with Gasteiger partial charge in [-0.15, -0.1) is 0 Å². The minimum atomic E-state index is -1.43. The number of aliphatic hydroxyl groups is 1. The van der Waals surface area contributed by atoms with Gasteiger partial charge in [0.05, 0.1) is 0 Å². The number of carbonyl (C=O) groups is 1. The summed E-state index contributed by atoms with van der Waals surface area (Å²) < 4.78 is 61.9. The van der Waals surface area contributed by atoms with Gasteiger partial charge in [-0.2, -0.15) is 0 Å². The van der Waals surface area contributed by atoms with E-state index in [0.717, 1.165) is 30.6 Å². The lowest BCUT2D eigenvalue weighted by molar-refractivity contribution is -0.131. The lowest BCUT2D eigenvalue weighted by Gasteiger charge is -2.13. The lowest BCUT2D eigenvalue weighted by atomic mass is 10.1. The topological polar surface area (TPSA) is 93.5 Å². The summed E-state index contributed by atoms with van der Waals surface area (Å²) in [7, 11) is 0. The van der Waals surface area contributed by atoms with Crippen LogP contribution in [0.1, 0.15) is 24.0 Å². The van der Waals surface area contributed by atoms with Crippen LogP contribution < -0.4 is 15.6 Å². The smallest absolute Gasteiger partial charge is 0.280 e. The highest BCUT2D eigenvalue weighted by Gasteiger charge is 2.47. The van der Waals surface area contributed by atoms with Gasteiger partial charge < -0.3 is 15.2 Å². The van der Waals surface area contributed by atoms with Crippen LogP contribution in [-0.2, 0) is 17.9 Å². The van der Waals surface area contributed by atoms with Gasteiger partial charge >= 0.3 is 0 Å². The molecule has 2 aromatic carbocycles. The molecule has 7 nitrogen and oxygen atoms in total. The Morgan fingerprint density at radius 3 is 2.44 bits per heavy atom. The molecule has 3 aromatic rings. The van der Waals surface area contributed by atoms with E-state index in [1.54, 1.807) is 0 Å². The van der Waals surface area contributed by atoms with Gasteiger partial charge in [-0.1, -0.05) is 11.6 Å². The summed E-state index contributed by atoms with van der Waals surface area (Å²) in [4.78, 5) is 28.2. The maximum Gasteiger partial charge on any atom is 0.280 e. The Balaban J connectivity index is 1.54. The fourth-order valence-electron chi connectivity index (χ4n) is 3.10. The fourth-order valence-corrected chi connectivity index (χ4v) is 3.30. The van der Waals surface area contributed by atoms with Gasteiger partial charge in [-0.25, -0.2) is 22.5 Å². The van der Waals surface area contributed by atoms with Crippen LogP contribution in [-0.4, -0.2) is 26.2 Å². The average molecular weight is 498 g/mol. The summed E-state index contributed by atoms with van der Waals surface area (Å²) in [5.74, 6) is -4.97. The molecular weight excluding hydrogens is 482 g/mol. The summed E-state index contributed by atoms with van der Waals surface area (Å²) in [5.41, 5.74) is -3.21. The zero-order valence-electron chi connectivity index (χ0n) is 17.2. The van der Waals surface area contributed by atoms with Crippen LogP contribution in [0.4, 0.5) is 17.6 Å². The number of carbonyl (C=O) groups excluding carboxylic acids is 1. The van der Waals surface area contributed by atoms with Crippen LogP contribution >= 0.6 is 11.6 Å². The molecule has 1 aromatic heterocycles. The van der Waals surface area contributed by atoms with Crippen molar-refractivity contribution in [3.05, 3.63) is 86.4 Å². The number of halogens is 5. The van der Waals surface area contributed by atoms with Crippen molar-refractivity contribution in [2.75, 3.05) is 0 Å². The van der Waals surface area contributed by atoms with Crippen molar-refractivity contribution < 1.29 is 32.2 Å². The molecule has 34 heavy (non-hydrogen) atoms. The number of hydrogen-bond donors (Lipinski definition) is 2. The molecule has 0 radical (unpaired) electrons. The number of hydrogen-bond acceptors (Lipinski definition) is 5. The Morgan fingerprint density at radius 2 is 1.82 bits per heavy atom. The second kappa shape index (κ2) is 9.07. The highest BCUT2D eigenvalue weighted by atomic mass is 35.5. The Hall–Kier alpha value is -3.44. The molecule has 1 amide bonds. The predicted molar refractivity (Wildman–Crippen MR) is 111 cm³/mol. The first-order chi connectivity index (χ1) is 16.1. The van der Waals surface area contributed by atoms with E-state index in [1.165, 1.54) is 0 Å². The highest BCUT2D eigenvalue weighted by molar-refractivity contribution is 6.31. The predicted octanol–water partition coefficient (Wildman–Crippen LogP) is 3.16. The molecule has 0 atom stereocenters. The van der Waals surface area contributed by atoms with Crippen LogP contribution in [0, 0.1) is 23.3 Å². The summed E-state index contributed by atoms with van der Waals surface area (Å²) in [5, 5.41) is 11.5. The normalized spacial score (nSPS) is 14.1. The van der Waals surface area contributed by atoms with Gasteiger partial charge in [-0.05, 0) is 42.7 Å². The molecule has 1 saturated carbocycles. The standard InChI is InChI=1S/C22H16ClF4N3O4/c23-17-19(34-9-12-1-2-13(24)7-14(12)25)29-10-30(20(17)31)18-15(26)5-11(6-16(18)27)8-28-21(32)22(33)3-4-22/h1-2,5-7,10,33H,3-4,8-9H2,(H,28,32). The molecule has 0 unspecified atom stereocenters. The molecule has 12 heteroatoms. The van der Waals surface area contributed by atoms with Crippen molar-refractivity contribution in [1.82, 2.24) is 14.9 Å². The van der Waals surface area contributed by atoms with Gasteiger partial charge in [0.25, 0.3) is 11.5 Å². The number of nitrogens with one attached hydrogen (secondary N) is 1. The van der Waals surface area contributed by atoms with Crippen LogP contribution in [0.5, 0.6) is 5.88 Å². The third-order valence-corrected chi connectivity index (χ3v) is 5.50. The second-order valence-corrected chi connectivity index (χ2v) is 8.06. The average Bonchev–Trinajstić information content (AvgIpc) is 3.53. The summed E-state index contributed by atoms with van der Waals surface area (Å²) in [6, 6.07) is 4.64. The zero-order valence-corrected chi connectivity index (χ0v) is 18.0. The Labute approximate surface area is 194 Å². The lowest BCUT2D eigenvalue weighted by Crippen LogP contribution is -2.35. The minimum absolute atomic E-state index is 0.0305. The molecule has 0 bridgehead atoms. The van der Waals surface area contributed by atoms with E-state index in [2.05, 4.69) is 10.3 Å². The van der Waals surface area contributed by atoms with Gasteiger partial charge in [0, 0.05) is 18.2 Å². The maximum atomic E-state index is 14.7. The Morgan fingerprint density at radius 1 is 1.15 bits per heavy atom. The second-order valence-electron chi connectivity index (χ2n) is 7.69. The first-order valence-electron chi connectivity index (χ1n) is 9.92. The van der Waals surface area contributed by atoms with Gasteiger partial charge in [0.1, 0.15) is 35.9 Å². The van der Waals surface area contributed by atoms with Crippen molar-refractivity contribution >= 4 is 17.5 Å². The van der Waals surface area contributed by atoms with Gasteiger partial charge in [0.2, 0.25) is 5.88 Å². The molecule has 4 rings (SSSR count). The molecular formula is C22H16ClF4N3O4. The molecule has 1 heterocycles. The zero-order chi connectivity index (χ0) is 24.6. The van der Waals surface area contributed by atoms with Crippen molar-refractivity contribution in [2.24, 2.45) is 0 Å². The Bertz CT molecular complexity index is 1320. The van der Waals surface area contributed by atoms with Crippen LogP contribution in [0.3, 0.4) is 0 Å². The Kier molecular flexibility index (Phi) is 6.32. The third-order valence-electron chi connectivity index (χ3n) is 5.18. The van der Waals surface area contributed by atoms with E-state index >= 15 is 0 Å². The van der Waals surface area contributed by atoms with Gasteiger partial charge in [0.15, 0.2) is 16.7 Å². The van der Waals surface area contributed by atoms with E-state index in [9.17, 15) is 32.3 Å². The van der Waals surface area contributed by atoms with Crippen molar-refractivity contribution in [1.29, 1.82) is 0 Å². The molecule has 1 fully saturated rings. The minimum Gasteiger partial charge on any atom is -0.471 e. The third kappa shape index (κ3) is 4.75. The number of ether oxygens (including phenoxy) is 1. The SMILES string of the molecule is O=C(NCc1cc(F)c(-n2cnc(OCc3ccc(F)cc3F)c(Cl)c2=O)c(F)c1)C1(O)CC1. The van der Waals surface area contributed by atoms with Crippen LogP contribution in [0.2, 0.25) is 5.02 Å². The number of aromatic nitrogens is 2. The molecule has 0 spiro atoms. The number of nitrogens with zero attached hydrogens (tertiary/aromatic N) is 2. The maximum absolute atomic E-state index is 14.7. The summed E-state index contributed by atoms with van der Waals surface area (Å²) in [6.07, 6.45) is 1.42. The van der Waals surface area contributed by atoms with E-state index < -0.39 is 63.5 Å². The molecule has 2 N–H and O–H groups in total. The quantitative estimate of drug-likeness (QED) is 0.489. The van der Waals surface area contributed by atoms with E-state index in [1.807, 2.05) is 0 Å². The van der Waals surface area contributed by atoms with Crippen LogP contribution in [0.25, 0.3) is 5.69 Å².